The minimum atomic E-state index is 0.179. The molecule has 0 saturated carbocycles. The minimum absolute atomic E-state index is 0.179. The first kappa shape index (κ1) is 17.1. The second-order valence-corrected chi connectivity index (χ2v) is 8.16. The molecule has 2 aromatic heterocycles. The second-order valence-electron chi connectivity index (χ2n) is 6.93. The predicted molar refractivity (Wildman–Crippen MR) is 96.5 cm³/mol. The van der Waals surface area contributed by atoms with Crippen molar-refractivity contribution in [3.05, 3.63) is 33.5 Å². The summed E-state index contributed by atoms with van der Waals surface area (Å²) in [6.07, 6.45) is 4.52. The number of hydrogen-bond donors (Lipinski definition) is 0. The van der Waals surface area contributed by atoms with Crippen molar-refractivity contribution in [2.45, 2.75) is 58.9 Å². The minimum Gasteiger partial charge on any atom is -0.342 e. The molecule has 0 bridgehead atoms. The largest absolute Gasteiger partial charge is 0.342 e. The van der Waals surface area contributed by atoms with Crippen LogP contribution in [0, 0.1) is 13.8 Å². The molecule has 24 heavy (non-hydrogen) atoms. The molecular formula is C18H26N4OS. The first-order chi connectivity index (χ1) is 11.4. The van der Waals surface area contributed by atoms with E-state index in [-0.39, 0.29) is 5.91 Å². The van der Waals surface area contributed by atoms with Gasteiger partial charge in [0.15, 0.2) is 0 Å². The standard InChI is InChI=1S/C18H26N4OS/c1-12(2)22-9-7-16(20-22)10-17(23)21-8-5-6-15(11-21)18-19-13(3)14(4)24-18/h7,9,12,15H,5-6,8,10-11H2,1-4H3/t15-/m0/s1. The van der Waals surface area contributed by atoms with E-state index in [1.807, 2.05) is 21.8 Å². The first-order valence-corrected chi connectivity index (χ1v) is 9.51. The maximum atomic E-state index is 12.7. The van der Waals surface area contributed by atoms with Gasteiger partial charge in [0.25, 0.3) is 0 Å². The van der Waals surface area contributed by atoms with Crippen LogP contribution in [-0.4, -0.2) is 38.7 Å². The highest BCUT2D eigenvalue weighted by Crippen LogP contribution is 2.31. The van der Waals surface area contributed by atoms with Gasteiger partial charge >= 0.3 is 0 Å². The van der Waals surface area contributed by atoms with Crippen molar-refractivity contribution in [2.75, 3.05) is 13.1 Å². The molecule has 3 rings (SSSR count). The van der Waals surface area contributed by atoms with E-state index < -0.39 is 0 Å². The summed E-state index contributed by atoms with van der Waals surface area (Å²) in [6.45, 7) is 10.00. The number of aromatic nitrogens is 3. The average Bonchev–Trinajstić information content (AvgIpc) is 3.15. The number of amides is 1. The Balaban J connectivity index is 1.64. The van der Waals surface area contributed by atoms with Gasteiger partial charge in [-0.2, -0.15) is 5.10 Å². The highest BCUT2D eigenvalue weighted by Gasteiger charge is 2.27. The Kier molecular flexibility index (Phi) is 5.04. The van der Waals surface area contributed by atoms with Crippen molar-refractivity contribution in [3.8, 4) is 0 Å². The van der Waals surface area contributed by atoms with Crippen LogP contribution >= 0.6 is 11.3 Å². The molecule has 0 unspecified atom stereocenters. The SMILES string of the molecule is Cc1nc([C@H]2CCCN(C(=O)Cc3ccn(C(C)C)n3)C2)sc1C. The fourth-order valence-corrected chi connectivity index (χ4v) is 4.15. The van der Waals surface area contributed by atoms with Gasteiger partial charge < -0.3 is 4.90 Å². The lowest BCUT2D eigenvalue weighted by molar-refractivity contribution is -0.131. The summed E-state index contributed by atoms with van der Waals surface area (Å²) in [5.41, 5.74) is 1.98. The Morgan fingerprint density at radius 2 is 2.21 bits per heavy atom. The Morgan fingerprint density at radius 3 is 2.83 bits per heavy atom. The van der Waals surface area contributed by atoms with Crippen molar-refractivity contribution in [1.29, 1.82) is 0 Å². The molecule has 2 aromatic rings. The van der Waals surface area contributed by atoms with Crippen molar-refractivity contribution in [1.82, 2.24) is 19.7 Å². The van der Waals surface area contributed by atoms with Gasteiger partial charge in [0.1, 0.15) is 0 Å². The molecule has 1 saturated heterocycles. The lowest BCUT2D eigenvalue weighted by atomic mass is 9.98. The molecule has 0 aromatic carbocycles. The lowest BCUT2D eigenvalue weighted by Crippen LogP contribution is -2.40. The molecule has 1 aliphatic heterocycles. The third kappa shape index (κ3) is 3.69. The number of likely N-dealkylation sites (tertiary alicyclic amines) is 1. The van der Waals surface area contributed by atoms with Crippen molar-refractivity contribution in [2.24, 2.45) is 0 Å². The topological polar surface area (TPSA) is 51.0 Å². The van der Waals surface area contributed by atoms with Gasteiger partial charge in [0.05, 0.1) is 22.8 Å². The van der Waals surface area contributed by atoms with Crippen LogP contribution in [0.3, 0.4) is 0 Å². The predicted octanol–water partition coefficient (Wildman–Crippen LogP) is 3.49. The molecule has 1 atom stereocenters. The number of aryl methyl sites for hydroxylation is 2. The molecule has 5 nitrogen and oxygen atoms in total. The molecule has 1 amide bonds. The molecule has 130 valence electrons. The van der Waals surface area contributed by atoms with Gasteiger partial charge in [0.2, 0.25) is 5.91 Å². The fraction of sp³-hybridized carbons (Fsp3) is 0.611. The summed E-state index contributed by atoms with van der Waals surface area (Å²) >= 11 is 1.78. The zero-order valence-corrected chi connectivity index (χ0v) is 15.8. The number of nitrogens with zero attached hydrogens (tertiary/aromatic N) is 4. The normalized spacial score (nSPS) is 18.4. The van der Waals surface area contributed by atoms with Crippen LogP contribution in [0.4, 0.5) is 0 Å². The lowest BCUT2D eigenvalue weighted by Gasteiger charge is -2.31. The average molecular weight is 347 g/mol. The van der Waals surface area contributed by atoms with Crippen LogP contribution in [0.15, 0.2) is 12.3 Å². The van der Waals surface area contributed by atoms with E-state index in [0.717, 1.165) is 37.3 Å². The molecule has 0 radical (unpaired) electrons. The Morgan fingerprint density at radius 1 is 1.42 bits per heavy atom. The van der Waals surface area contributed by atoms with Crippen molar-refractivity contribution >= 4 is 17.2 Å². The molecule has 0 spiro atoms. The van der Waals surface area contributed by atoms with E-state index in [4.69, 9.17) is 4.98 Å². The zero-order valence-electron chi connectivity index (χ0n) is 15.0. The molecule has 0 aliphatic carbocycles. The van der Waals surface area contributed by atoms with Crippen LogP contribution in [0.2, 0.25) is 0 Å². The van der Waals surface area contributed by atoms with Crippen LogP contribution in [-0.2, 0) is 11.2 Å². The monoisotopic (exact) mass is 346 g/mol. The fourth-order valence-electron chi connectivity index (χ4n) is 3.10. The van der Waals surface area contributed by atoms with E-state index in [1.54, 1.807) is 11.3 Å². The van der Waals surface area contributed by atoms with Crippen molar-refractivity contribution < 1.29 is 4.79 Å². The second kappa shape index (κ2) is 7.05. The zero-order chi connectivity index (χ0) is 17.3. The van der Waals surface area contributed by atoms with E-state index >= 15 is 0 Å². The maximum Gasteiger partial charge on any atom is 0.228 e. The van der Waals surface area contributed by atoms with Crippen molar-refractivity contribution in [3.63, 3.8) is 0 Å². The quantitative estimate of drug-likeness (QED) is 0.851. The van der Waals surface area contributed by atoms with E-state index in [0.29, 0.717) is 18.4 Å². The molecule has 1 fully saturated rings. The number of thiazole rings is 1. The van der Waals surface area contributed by atoms with E-state index in [9.17, 15) is 4.79 Å². The van der Waals surface area contributed by atoms with E-state index in [1.165, 1.54) is 9.88 Å². The number of piperidine rings is 1. The van der Waals surface area contributed by atoms with Gasteiger partial charge in [0, 0.05) is 36.1 Å². The van der Waals surface area contributed by atoms with E-state index in [2.05, 4.69) is 32.8 Å². The molecule has 0 N–H and O–H groups in total. The Labute approximate surface area is 147 Å². The highest BCUT2D eigenvalue weighted by atomic mass is 32.1. The van der Waals surface area contributed by atoms with Crippen LogP contribution in [0.25, 0.3) is 0 Å². The summed E-state index contributed by atoms with van der Waals surface area (Å²) in [5, 5.41) is 5.68. The van der Waals surface area contributed by atoms with Crippen LogP contribution < -0.4 is 0 Å². The molecule has 1 aliphatic rings. The molecule has 3 heterocycles. The summed E-state index contributed by atoms with van der Waals surface area (Å²) < 4.78 is 1.91. The molecule has 6 heteroatoms. The van der Waals surface area contributed by atoms with Crippen LogP contribution in [0.5, 0.6) is 0 Å². The summed E-state index contributed by atoms with van der Waals surface area (Å²) in [4.78, 5) is 20.6. The van der Waals surface area contributed by atoms with Gasteiger partial charge in [-0.1, -0.05) is 0 Å². The van der Waals surface area contributed by atoms with Gasteiger partial charge in [-0.15, -0.1) is 11.3 Å². The summed E-state index contributed by atoms with van der Waals surface area (Å²) in [6, 6.07) is 2.27. The highest BCUT2D eigenvalue weighted by molar-refractivity contribution is 7.11. The summed E-state index contributed by atoms with van der Waals surface area (Å²) in [5.74, 6) is 0.562. The number of rotatable bonds is 4. The maximum absolute atomic E-state index is 12.7. The van der Waals surface area contributed by atoms with Gasteiger partial charge in [-0.05, 0) is 46.6 Å². The number of hydrogen-bond acceptors (Lipinski definition) is 4. The third-order valence-corrected chi connectivity index (χ3v) is 5.93. The molecular weight excluding hydrogens is 320 g/mol. The third-order valence-electron chi connectivity index (χ3n) is 4.69. The Bertz CT molecular complexity index is 699. The smallest absolute Gasteiger partial charge is 0.228 e. The van der Waals surface area contributed by atoms with Crippen LogP contribution in [0.1, 0.15) is 59.9 Å². The first-order valence-electron chi connectivity index (χ1n) is 8.69. The summed E-state index contributed by atoms with van der Waals surface area (Å²) in [7, 11) is 0. The number of carbonyl (C=O) groups excluding carboxylic acids is 1. The van der Waals surface area contributed by atoms with Gasteiger partial charge in [-0.25, -0.2) is 4.98 Å². The number of carbonyl (C=O) groups is 1. The van der Waals surface area contributed by atoms with Gasteiger partial charge in [-0.3, -0.25) is 9.48 Å². The Hall–Kier alpha value is -1.69.